The summed E-state index contributed by atoms with van der Waals surface area (Å²) >= 11 is 4.84. The van der Waals surface area contributed by atoms with Crippen molar-refractivity contribution in [3.8, 4) is 0 Å². The van der Waals surface area contributed by atoms with Crippen LogP contribution in [-0.2, 0) is 9.59 Å². The largest absolute Gasteiger partial charge is 0.480 e. The summed E-state index contributed by atoms with van der Waals surface area (Å²) in [5.41, 5.74) is 0.731. The van der Waals surface area contributed by atoms with E-state index in [1.165, 1.54) is 6.92 Å². The van der Waals surface area contributed by atoms with E-state index >= 15 is 0 Å². The van der Waals surface area contributed by atoms with Crippen molar-refractivity contribution < 1.29 is 24.3 Å². The molecule has 1 aliphatic heterocycles. The van der Waals surface area contributed by atoms with E-state index in [4.69, 9.17) is 17.3 Å². The number of nitrogens with one attached hydrogen (secondary N) is 2. The lowest BCUT2D eigenvalue weighted by Gasteiger charge is -2.14. The number of hydrogen-bond donors (Lipinski definition) is 3. The number of hydrogen-bond acceptors (Lipinski definition) is 5. The first-order valence-electron chi connectivity index (χ1n) is 7.59. The zero-order chi connectivity index (χ0) is 18.6. The minimum Gasteiger partial charge on any atom is -0.480 e. The molecule has 1 aromatic carbocycles. The molecular weight excluding hydrogens is 346 g/mol. The highest BCUT2D eigenvalue weighted by Gasteiger charge is 2.34. The number of carbonyl (C=O) groups is 4. The molecule has 0 saturated carbocycles. The Balaban J connectivity index is 1.79. The maximum atomic E-state index is 12.2. The highest BCUT2D eigenvalue weighted by Crippen LogP contribution is 2.22. The molecule has 0 saturated heterocycles. The molecular formula is C16H17N3O5S. The smallest absolute Gasteiger partial charge is 0.325 e. The highest BCUT2D eigenvalue weighted by atomic mass is 32.1. The van der Waals surface area contributed by atoms with E-state index in [0.29, 0.717) is 11.1 Å². The molecule has 0 aromatic heterocycles. The van der Waals surface area contributed by atoms with Gasteiger partial charge in [-0.2, -0.15) is 0 Å². The second kappa shape index (κ2) is 7.84. The third-order valence-electron chi connectivity index (χ3n) is 3.63. The van der Waals surface area contributed by atoms with Crippen molar-refractivity contribution in [3.63, 3.8) is 0 Å². The third kappa shape index (κ3) is 4.38. The number of thiocarbonyl (C=S) groups is 1. The van der Waals surface area contributed by atoms with Gasteiger partial charge in [0.15, 0.2) is 5.11 Å². The van der Waals surface area contributed by atoms with Crippen LogP contribution in [0.5, 0.6) is 0 Å². The Morgan fingerprint density at radius 2 is 1.76 bits per heavy atom. The number of benzene rings is 1. The van der Waals surface area contributed by atoms with Crippen LogP contribution in [0.4, 0.5) is 0 Å². The predicted octanol–water partition coefficient (Wildman–Crippen LogP) is 0.527. The molecule has 1 atom stereocenters. The number of aliphatic carboxylic acids is 1. The maximum absolute atomic E-state index is 12.2. The van der Waals surface area contributed by atoms with E-state index in [1.807, 2.05) is 0 Å². The quantitative estimate of drug-likeness (QED) is 0.499. The van der Waals surface area contributed by atoms with Gasteiger partial charge in [-0.3, -0.25) is 24.1 Å². The van der Waals surface area contributed by atoms with Crippen LogP contribution in [0.15, 0.2) is 24.3 Å². The van der Waals surface area contributed by atoms with Crippen LogP contribution in [0.3, 0.4) is 0 Å². The fourth-order valence-electron chi connectivity index (χ4n) is 2.32. The van der Waals surface area contributed by atoms with Gasteiger partial charge in [0.25, 0.3) is 11.8 Å². The Bertz CT molecular complexity index is 714. The van der Waals surface area contributed by atoms with E-state index in [9.17, 15) is 19.2 Å². The molecule has 3 amide bonds. The molecule has 8 nitrogen and oxygen atoms in total. The molecule has 1 unspecified atom stereocenters. The van der Waals surface area contributed by atoms with Gasteiger partial charge >= 0.3 is 5.97 Å². The highest BCUT2D eigenvalue weighted by molar-refractivity contribution is 7.80. The lowest BCUT2D eigenvalue weighted by Crippen LogP contribution is -2.46. The minimum absolute atomic E-state index is 0.0384. The van der Waals surface area contributed by atoms with Gasteiger partial charge in [0.2, 0.25) is 5.91 Å². The van der Waals surface area contributed by atoms with Crippen LogP contribution in [0.1, 0.15) is 40.5 Å². The van der Waals surface area contributed by atoms with E-state index in [-0.39, 0.29) is 36.3 Å². The van der Waals surface area contributed by atoms with Crippen LogP contribution < -0.4 is 10.6 Å². The molecule has 1 heterocycles. The molecule has 0 spiro atoms. The SMILES string of the molecule is CC(NC(=S)NC(=O)CCCN1C(=O)c2ccccc2C1=O)C(=O)O. The second-order valence-corrected chi connectivity index (χ2v) is 5.90. The first kappa shape index (κ1) is 18.5. The van der Waals surface area contributed by atoms with Crippen molar-refractivity contribution >= 4 is 41.0 Å². The Hall–Kier alpha value is -2.81. The monoisotopic (exact) mass is 363 g/mol. The summed E-state index contributed by atoms with van der Waals surface area (Å²) in [4.78, 5) is 47.9. The Morgan fingerprint density at radius 1 is 1.20 bits per heavy atom. The number of carbonyl (C=O) groups excluding carboxylic acids is 3. The summed E-state index contributed by atoms with van der Waals surface area (Å²) in [5.74, 6) is -2.25. The zero-order valence-electron chi connectivity index (χ0n) is 13.4. The van der Waals surface area contributed by atoms with Crippen molar-refractivity contribution in [3.05, 3.63) is 35.4 Å². The van der Waals surface area contributed by atoms with E-state index in [1.54, 1.807) is 24.3 Å². The molecule has 0 aliphatic carbocycles. The summed E-state index contributed by atoms with van der Waals surface area (Å²) in [6.07, 6.45) is 0.311. The molecule has 9 heteroatoms. The van der Waals surface area contributed by atoms with Crippen molar-refractivity contribution in [1.82, 2.24) is 15.5 Å². The fourth-order valence-corrected chi connectivity index (χ4v) is 2.61. The predicted molar refractivity (Wildman–Crippen MR) is 92.0 cm³/mol. The molecule has 1 aliphatic rings. The van der Waals surface area contributed by atoms with Crippen molar-refractivity contribution in [2.75, 3.05) is 6.54 Å². The summed E-state index contributed by atoms with van der Waals surface area (Å²) in [6, 6.07) is 5.64. The molecule has 3 N–H and O–H groups in total. The van der Waals surface area contributed by atoms with Gasteiger partial charge in [-0.05, 0) is 37.7 Å². The summed E-state index contributed by atoms with van der Waals surface area (Å²) in [7, 11) is 0. The fraction of sp³-hybridized carbons (Fsp3) is 0.312. The van der Waals surface area contributed by atoms with Crippen LogP contribution in [0, 0.1) is 0 Å². The van der Waals surface area contributed by atoms with Gasteiger partial charge in [0.1, 0.15) is 6.04 Å². The molecule has 0 bridgehead atoms. The van der Waals surface area contributed by atoms with Crippen LogP contribution in [0.25, 0.3) is 0 Å². The molecule has 0 fully saturated rings. The topological polar surface area (TPSA) is 116 Å². The second-order valence-electron chi connectivity index (χ2n) is 5.49. The summed E-state index contributed by atoms with van der Waals surface area (Å²) in [5, 5.41) is 13.5. The van der Waals surface area contributed by atoms with Crippen molar-refractivity contribution in [1.29, 1.82) is 0 Å². The van der Waals surface area contributed by atoms with Gasteiger partial charge in [0, 0.05) is 13.0 Å². The van der Waals surface area contributed by atoms with Gasteiger partial charge in [0.05, 0.1) is 11.1 Å². The zero-order valence-corrected chi connectivity index (χ0v) is 14.3. The number of amides is 3. The normalized spacial score (nSPS) is 14.0. The van der Waals surface area contributed by atoms with Crippen LogP contribution in [0.2, 0.25) is 0 Å². The number of carboxylic acids is 1. The number of nitrogens with zero attached hydrogens (tertiary/aromatic N) is 1. The number of carboxylic acid groups (broad SMARTS) is 1. The standard InChI is InChI=1S/C16H17N3O5S/c1-9(15(23)24)17-16(25)18-12(20)7-4-8-19-13(21)10-5-2-3-6-11(10)14(19)22/h2-3,5-6,9H,4,7-8H2,1H3,(H,23,24)(H2,17,18,20,25). The first-order valence-corrected chi connectivity index (χ1v) is 8.00. The maximum Gasteiger partial charge on any atom is 0.325 e. The van der Waals surface area contributed by atoms with Crippen LogP contribution in [-0.4, -0.2) is 51.4 Å². The lowest BCUT2D eigenvalue weighted by molar-refractivity contribution is -0.138. The van der Waals surface area contributed by atoms with Gasteiger partial charge < -0.3 is 15.7 Å². The molecule has 2 rings (SSSR count). The number of imide groups is 1. The van der Waals surface area contributed by atoms with Crippen LogP contribution >= 0.6 is 12.2 Å². The Kier molecular flexibility index (Phi) is 5.81. The van der Waals surface area contributed by atoms with E-state index in [2.05, 4.69) is 10.6 Å². The molecule has 0 radical (unpaired) electrons. The van der Waals surface area contributed by atoms with Gasteiger partial charge in [-0.15, -0.1) is 0 Å². The summed E-state index contributed by atoms with van der Waals surface area (Å²) < 4.78 is 0. The number of rotatable bonds is 6. The lowest BCUT2D eigenvalue weighted by atomic mass is 10.1. The van der Waals surface area contributed by atoms with Gasteiger partial charge in [-0.25, -0.2) is 0 Å². The first-order chi connectivity index (χ1) is 11.8. The average molecular weight is 363 g/mol. The Morgan fingerprint density at radius 3 is 2.28 bits per heavy atom. The van der Waals surface area contributed by atoms with E-state index < -0.39 is 17.9 Å². The van der Waals surface area contributed by atoms with Crippen molar-refractivity contribution in [2.45, 2.75) is 25.8 Å². The summed E-state index contributed by atoms with van der Waals surface area (Å²) in [6.45, 7) is 1.51. The third-order valence-corrected chi connectivity index (χ3v) is 3.85. The van der Waals surface area contributed by atoms with Crippen molar-refractivity contribution in [2.24, 2.45) is 0 Å². The number of fused-ring (bicyclic) bond motifs is 1. The minimum atomic E-state index is -1.10. The molecule has 25 heavy (non-hydrogen) atoms. The Labute approximate surface area is 149 Å². The molecule has 1 aromatic rings. The van der Waals surface area contributed by atoms with E-state index in [0.717, 1.165) is 4.90 Å². The molecule has 132 valence electrons. The average Bonchev–Trinajstić information content (AvgIpc) is 2.80. The van der Waals surface area contributed by atoms with Gasteiger partial charge in [-0.1, -0.05) is 12.1 Å².